The summed E-state index contributed by atoms with van der Waals surface area (Å²) < 4.78 is 48.6. The highest BCUT2D eigenvalue weighted by atomic mass is 19.4. The molecule has 2 rings (SSSR count). The topological polar surface area (TPSA) is 60.6 Å². The fourth-order valence-corrected chi connectivity index (χ4v) is 2.02. The van der Waals surface area contributed by atoms with Gasteiger partial charge in [0.05, 0.1) is 18.4 Å². The fraction of sp³-hybridized carbons (Fsp3) is 0.267. The molecule has 0 unspecified atom stereocenters. The highest BCUT2D eigenvalue weighted by Gasteiger charge is 2.32. The SMILES string of the molecule is COc1cccc(N(C)N)c1COc1cccc(C(F)(F)F)n1. The molecule has 0 aliphatic heterocycles. The first-order valence-corrected chi connectivity index (χ1v) is 6.64. The standard InChI is InChI=1S/C15H16F3N3O2/c1-21(19)11-5-3-6-12(22-2)10(11)9-23-14-8-4-7-13(20-14)15(16,17)18/h3-8H,9,19H2,1-2H3. The number of rotatable bonds is 5. The number of hydrogen-bond donors (Lipinski definition) is 1. The predicted molar refractivity (Wildman–Crippen MR) is 79.2 cm³/mol. The Bertz CT molecular complexity index is 675. The van der Waals surface area contributed by atoms with Gasteiger partial charge in [-0.3, -0.25) is 0 Å². The average molecular weight is 327 g/mol. The number of halogens is 3. The Hall–Kier alpha value is -2.48. The molecule has 1 aromatic carbocycles. The summed E-state index contributed by atoms with van der Waals surface area (Å²) in [4.78, 5) is 3.46. The number of nitrogens with two attached hydrogens (primary N) is 1. The van der Waals surface area contributed by atoms with Crippen LogP contribution in [0.2, 0.25) is 0 Å². The van der Waals surface area contributed by atoms with Crippen molar-refractivity contribution in [2.75, 3.05) is 19.2 Å². The van der Waals surface area contributed by atoms with Gasteiger partial charge in [0.25, 0.3) is 0 Å². The van der Waals surface area contributed by atoms with Gasteiger partial charge < -0.3 is 14.5 Å². The van der Waals surface area contributed by atoms with Gasteiger partial charge in [0.1, 0.15) is 18.1 Å². The van der Waals surface area contributed by atoms with Crippen LogP contribution in [-0.4, -0.2) is 19.1 Å². The Morgan fingerprint density at radius 3 is 2.48 bits per heavy atom. The Balaban J connectivity index is 2.25. The van der Waals surface area contributed by atoms with Gasteiger partial charge in [0.15, 0.2) is 0 Å². The van der Waals surface area contributed by atoms with Crippen LogP contribution in [-0.2, 0) is 12.8 Å². The van der Waals surface area contributed by atoms with Crippen molar-refractivity contribution in [3.8, 4) is 11.6 Å². The number of alkyl halides is 3. The lowest BCUT2D eigenvalue weighted by Crippen LogP contribution is -2.26. The lowest BCUT2D eigenvalue weighted by molar-refractivity contribution is -0.141. The first-order valence-electron chi connectivity index (χ1n) is 6.64. The summed E-state index contributed by atoms with van der Waals surface area (Å²) >= 11 is 0. The Kier molecular flexibility index (Phi) is 4.95. The summed E-state index contributed by atoms with van der Waals surface area (Å²) in [7, 11) is 3.13. The quantitative estimate of drug-likeness (QED) is 0.676. The zero-order valence-electron chi connectivity index (χ0n) is 12.6. The summed E-state index contributed by atoms with van der Waals surface area (Å²) in [6, 6.07) is 8.70. The van der Waals surface area contributed by atoms with Crippen molar-refractivity contribution in [3.05, 3.63) is 47.7 Å². The molecule has 2 N–H and O–H groups in total. The van der Waals surface area contributed by atoms with E-state index in [1.807, 2.05) is 0 Å². The third-order valence-electron chi connectivity index (χ3n) is 3.09. The number of hydrogen-bond acceptors (Lipinski definition) is 5. The van der Waals surface area contributed by atoms with Crippen LogP contribution in [0.25, 0.3) is 0 Å². The molecule has 0 fully saturated rings. The molecule has 0 saturated carbocycles. The molecule has 23 heavy (non-hydrogen) atoms. The highest BCUT2D eigenvalue weighted by Crippen LogP contribution is 2.31. The van der Waals surface area contributed by atoms with E-state index in [1.54, 1.807) is 25.2 Å². The fourth-order valence-electron chi connectivity index (χ4n) is 2.02. The average Bonchev–Trinajstić information content (AvgIpc) is 2.51. The predicted octanol–water partition coefficient (Wildman–Crippen LogP) is 3.00. The lowest BCUT2D eigenvalue weighted by atomic mass is 10.1. The molecule has 8 heteroatoms. The van der Waals surface area contributed by atoms with Crippen molar-refractivity contribution in [1.29, 1.82) is 0 Å². The van der Waals surface area contributed by atoms with Crippen molar-refractivity contribution in [2.45, 2.75) is 12.8 Å². The van der Waals surface area contributed by atoms with E-state index in [0.29, 0.717) is 17.0 Å². The summed E-state index contributed by atoms with van der Waals surface area (Å²) in [5.74, 6) is 6.14. The van der Waals surface area contributed by atoms with Crippen LogP contribution in [0.1, 0.15) is 11.3 Å². The van der Waals surface area contributed by atoms with Crippen LogP contribution >= 0.6 is 0 Å². The number of aromatic nitrogens is 1. The second-order valence-electron chi connectivity index (χ2n) is 4.72. The molecule has 2 aromatic rings. The maximum atomic E-state index is 12.7. The molecular formula is C15H16F3N3O2. The molecule has 0 atom stereocenters. The van der Waals surface area contributed by atoms with Gasteiger partial charge in [-0.15, -0.1) is 0 Å². The number of benzene rings is 1. The minimum Gasteiger partial charge on any atom is -0.496 e. The minimum absolute atomic E-state index is 0.0325. The number of nitrogens with zero attached hydrogens (tertiary/aromatic N) is 2. The first-order chi connectivity index (χ1) is 10.8. The zero-order valence-corrected chi connectivity index (χ0v) is 12.6. The Morgan fingerprint density at radius 2 is 1.87 bits per heavy atom. The molecule has 0 aliphatic carbocycles. The van der Waals surface area contributed by atoms with Crippen LogP contribution in [0.15, 0.2) is 36.4 Å². The molecule has 0 aliphatic rings. The van der Waals surface area contributed by atoms with Gasteiger partial charge in [0, 0.05) is 13.1 Å². The molecule has 0 saturated heterocycles. The van der Waals surface area contributed by atoms with Crippen LogP contribution in [0.4, 0.5) is 18.9 Å². The van der Waals surface area contributed by atoms with Crippen molar-refractivity contribution < 1.29 is 22.6 Å². The summed E-state index contributed by atoms with van der Waals surface area (Å²) in [6.07, 6.45) is -4.52. The van der Waals surface area contributed by atoms with Crippen LogP contribution < -0.4 is 20.3 Å². The number of pyridine rings is 1. The zero-order chi connectivity index (χ0) is 17.0. The minimum atomic E-state index is -4.52. The third kappa shape index (κ3) is 4.04. The maximum Gasteiger partial charge on any atom is 0.433 e. The number of hydrazine groups is 1. The van der Waals surface area contributed by atoms with Crippen molar-refractivity contribution in [3.63, 3.8) is 0 Å². The van der Waals surface area contributed by atoms with Crippen LogP contribution in [0.5, 0.6) is 11.6 Å². The second-order valence-corrected chi connectivity index (χ2v) is 4.72. The molecule has 1 heterocycles. The van der Waals surface area contributed by atoms with Gasteiger partial charge in [-0.2, -0.15) is 13.2 Å². The molecule has 0 spiro atoms. The number of anilines is 1. The molecule has 1 aromatic heterocycles. The summed E-state index contributed by atoms with van der Waals surface area (Å²) in [5, 5.41) is 1.38. The molecule has 124 valence electrons. The maximum absolute atomic E-state index is 12.7. The first kappa shape index (κ1) is 16.9. The molecule has 0 bridgehead atoms. The molecule has 0 amide bonds. The van der Waals surface area contributed by atoms with E-state index in [9.17, 15) is 13.2 Å². The van der Waals surface area contributed by atoms with Crippen molar-refractivity contribution in [1.82, 2.24) is 4.98 Å². The van der Waals surface area contributed by atoms with Crippen molar-refractivity contribution in [2.24, 2.45) is 5.84 Å². The smallest absolute Gasteiger partial charge is 0.433 e. The van der Waals surface area contributed by atoms with Crippen LogP contribution in [0, 0.1) is 0 Å². The third-order valence-corrected chi connectivity index (χ3v) is 3.09. The van der Waals surface area contributed by atoms with E-state index in [1.165, 1.54) is 24.3 Å². The lowest BCUT2D eigenvalue weighted by Gasteiger charge is -2.19. The van der Waals surface area contributed by atoms with Crippen LogP contribution in [0.3, 0.4) is 0 Å². The summed E-state index contributed by atoms with van der Waals surface area (Å²) in [5.41, 5.74) is 0.238. The van der Waals surface area contributed by atoms with Gasteiger partial charge in [-0.25, -0.2) is 10.8 Å². The van der Waals surface area contributed by atoms with E-state index in [-0.39, 0.29) is 12.5 Å². The van der Waals surface area contributed by atoms with Gasteiger partial charge >= 0.3 is 6.18 Å². The molecule has 0 radical (unpaired) electrons. The van der Waals surface area contributed by atoms with Gasteiger partial charge in [-0.1, -0.05) is 12.1 Å². The monoisotopic (exact) mass is 327 g/mol. The second kappa shape index (κ2) is 6.74. The van der Waals surface area contributed by atoms with E-state index < -0.39 is 11.9 Å². The summed E-state index contributed by atoms with van der Waals surface area (Å²) in [6.45, 7) is -0.0325. The van der Waals surface area contributed by atoms with E-state index in [4.69, 9.17) is 15.3 Å². The van der Waals surface area contributed by atoms with E-state index >= 15 is 0 Å². The Labute approximate surface area is 131 Å². The van der Waals surface area contributed by atoms with Gasteiger partial charge in [0.2, 0.25) is 5.88 Å². The van der Waals surface area contributed by atoms with E-state index in [0.717, 1.165) is 6.07 Å². The van der Waals surface area contributed by atoms with E-state index in [2.05, 4.69) is 4.98 Å². The van der Waals surface area contributed by atoms with Gasteiger partial charge in [-0.05, 0) is 18.2 Å². The normalized spacial score (nSPS) is 11.2. The number of methoxy groups -OCH3 is 1. The van der Waals surface area contributed by atoms with Crippen molar-refractivity contribution >= 4 is 5.69 Å². The number of ether oxygens (including phenoxy) is 2. The molecular weight excluding hydrogens is 311 g/mol. The Morgan fingerprint density at radius 1 is 1.17 bits per heavy atom. The highest BCUT2D eigenvalue weighted by molar-refractivity contribution is 5.58. The largest absolute Gasteiger partial charge is 0.496 e. The molecule has 5 nitrogen and oxygen atoms in total.